The molecule has 128 valence electrons. The van der Waals surface area contributed by atoms with E-state index in [0.717, 1.165) is 31.6 Å². The fourth-order valence-electron chi connectivity index (χ4n) is 2.68. The number of para-hydroxylation sites is 1. The fourth-order valence-corrected chi connectivity index (χ4v) is 2.68. The molecule has 24 heavy (non-hydrogen) atoms. The van der Waals surface area contributed by atoms with Gasteiger partial charge in [0.15, 0.2) is 0 Å². The van der Waals surface area contributed by atoms with Crippen LogP contribution in [0.25, 0.3) is 0 Å². The predicted octanol–water partition coefficient (Wildman–Crippen LogP) is 3.31. The first-order chi connectivity index (χ1) is 11.7. The Morgan fingerprint density at radius 2 is 2.29 bits per heavy atom. The Hall–Kier alpha value is -2.32. The quantitative estimate of drug-likeness (QED) is 0.595. The van der Waals surface area contributed by atoms with Crippen LogP contribution in [0.5, 0.6) is 0 Å². The summed E-state index contributed by atoms with van der Waals surface area (Å²) in [7, 11) is 0. The van der Waals surface area contributed by atoms with Crippen LogP contribution in [0.2, 0.25) is 0 Å². The van der Waals surface area contributed by atoms with Crippen molar-refractivity contribution in [2.45, 2.75) is 45.1 Å². The molecular weight excluding hydrogens is 302 g/mol. The van der Waals surface area contributed by atoms with Crippen molar-refractivity contribution in [1.82, 2.24) is 5.32 Å². The Balaban J connectivity index is 2.00. The highest BCUT2D eigenvalue weighted by atomic mass is 16.5. The molecule has 0 aromatic heterocycles. The fraction of sp³-hybridized carbons (Fsp3) is 0.474. The van der Waals surface area contributed by atoms with Crippen molar-refractivity contribution in [1.29, 1.82) is 5.26 Å². The molecule has 5 nitrogen and oxygen atoms in total. The molecule has 0 radical (unpaired) electrons. The van der Waals surface area contributed by atoms with Gasteiger partial charge in [-0.15, -0.1) is 0 Å². The molecule has 2 unspecified atom stereocenters. The van der Waals surface area contributed by atoms with Crippen LogP contribution in [-0.2, 0) is 9.53 Å². The van der Waals surface area contributed by atoms with Crippen molar-refractivity contribution in [2.24, 2.45) is 0 Å². The highest BCUT2D eigenvalue weighted by Crippen LogP contribution is 2.26. The molecule has 1 aliphatic heterocycles. The zero-order chi connectivity index (χ0) is 17.4. The maximum absolute atomic E-state index is 12.1. The molecule has 0 saturated carbocycles. The summed E-state index contributed by atoms with van der Waals surface area (Å²) in [4.78, 5) is 12.1. The van der Waals surface area contributed by atoms with Crippen molar-refractivity contribution in [3.8, 4) is 6.07 Å². The van der Waals surface area contributed by atoms with Gasteiger partial charge in [-0.3, -0.25) is 4.79 Å². The van der Waals surface area contributed by atoms with Crippen LogP contribution in [-0.4, -0.2) is 25.2 Å². The number of nitrogens with zero attached hydrogens (tertiary/aromatic N) is 1. The van der Waals surface area contributed by atoms with Gasteiger partial charge >= 0.3 is 0 Å². The molecule has 1 aliphatic rings. The van der Waals surface area contributed by atoms with Crippen molar-refractivity contribution in [3.63, 3.8) is 0 Å². The number of nitrogens with one attached hydrogen (secondary N) is 2. The molecule has 2 atom stereocenters. The van der Waals surface area contributed by atoms with Gasteiger partial charge in [0, 0.05) is 25.0 Å². The summed E-state index contributed by atoms with van der Waals surface area (Å²) in [6, 6.07) is 9.91. The van der Waals surface area contributed by atoms with E-state index in [1.807, 2.05) is 24.3 Å². The molecular formula is C19H25N3O2. The van der Waals surface area contributed by atoms with E-state index < -0.39 is 0 Å². The Morgan fingerprint density at radius 3 is 2.96 bits per heavy atom. The number of rotatable bonds is 7. The van der Waals surface area contributed by atoms with Crippen molar-refractivity contribution < 1.29 is 9.53 Å². The number of hydrogen-bond donors (Lipinski definition) is 2. The zero-order valence-corrected chi connectivity index (χ0v) is 14.3. The lowest BCUT2D eigenvalue weighted by atomic mass is 9.97. The average molecular weight is 327 g/mol. The van der Waals surface area contributed by atoms with Gasteiger partial charge in [0.25, 0.3) is 5.91 Å². The van der Waals surface area contributed by atoms with Crippen LogP contribution in [0.1, 0.15) is 44.6 Å². The third-order valence-electron chi connectivity index (χ3n) is 4.36. The maximum atomic E-state index is 12.1. The highest BCUT2D eigenvalue weighted by Gasteiger charge is 2.17. The largest absolute Gasteiger partial charge is 0.376 e. The Kier molecular flexibility index (Phi) is 6.83. The first-order valence-corrected chi connectivity index (χ1v) is 8.51. The standard InChI is InChI=1S/C19H25N3O2/c1-3-14(2)17-8-4-5-9-18(17)21-12-15(11-20)19(23)22-13-16-7-6-10-24-16/h4-5,8-9,12,14,16,21H,3,6-7,10,13H2,1-2H3,(H,22,23)/b15-12-. The molecule has 0 bridgehead atoms. The minimum Gasteiger partial charge on any atom is -0.376 e. The molecule has 1 aromatic rings. The number of hydrogen-bond acceptors (Lipinski definition) is 4. The summed E-state index contributed by atoms with van der Waals surface area (Å²) in [5.41, 5.74) is 2.16. The first-order valence-electron chi connectivity index (χ1n) is 8.51. The summed E-state index contributed by atoms with van der Waals surface area (Å²) in [5.74, 6) is 0.0301. The minimum absolute atomic E-state index is 0.0620. The lowest BCUT2D eigenvalue weighted by molar-refractivity contribution is -0.117. The number of carbonyl (C=O) groups is 1. The van der Waals surface area contributed by atoms with E-state index in [4.69, 9.17) is 4.74 Å². The van der Waals surface area contributed by atoms with E-state index in [9.17, 15) is 10.1 Å². The summed E-state index contributed by atoms with van der Waals surface area (Å²) in [5, 5.41) is 15.1. The summed E-state index contributed by atoms with van der Waals surface area (Å²) in [6.07, 6.45) is 4.54. The van der Waals surface area contributed by atoms with Gasteiger partial charge in [0.2, 0.25) is 0 Å². The molecule has 1 fully saturated rings. The Bertz CT molecular complexity index is 628. The van der Waals surface area contributed by atoms with Gasteiger partial charge in [-0.2, -0.15) is 5.26 Å². The third-order valence-corrected chi connectivity index (χ3v) is 4.36. The molecule has 5 heteroatoms. The van der Waals surface area contributed by atoms with E-state index in [0.29, 0.717) is 12.5 Å². The van der Waals surface area contributed by atoms with Gasteiger partial charge < -0.3 is 15.4 Å². The van der Waals surface area contributed by atoms with Crippen LogP contribution in [0.3, 0.4) is 0 Å². The number of anilines is 1. The van der Waals surface area contributed by atoms with Crippen LogP contribution < -0.4 is 10.6 Å². The monoisotopic (exact) mass is 327 g/mol. The normalized spacial score (nSPS) is 18.7. The number of carbonyl (C=O) groups excluding carboxylic acids is 1. The summed E-state index contributed by atoms with van der Waals surface area (Å²) >= 11 is 0. The number of benzene rings is 1. The lowest BCUT2D eigenvalue weighted by Gasteiger charge is -2.15. The number of nitriles is 1. The van der Waals surface area contributed by atoms with Gasteiger partial charge in [-0.05, 0) is 36.8 Å². The van der Waals surface area contributed by atoms with Gasteiger partial charge in [0.05, 0.1) is 6.10 Å². The van der Waals surface area contributed by atoms with Crippen molar-refractivity contribution in [2.75, 3.05) is 18.5 Å². The molecule has 2 rings (SSSR count). The molecule has 1 saturated heterocycles. The topological polar surface area (TPSA) is 74.2 Å². The third kappa shape index (κ3) is 4.84. The van der Waals surface area contributed by atoms with E-state index in [2.05, 4.69) is 30.5 Å². The van der Waals surface area contributed by atoms with Crippen molar-refractivity contribution >= 4 is 11.6 Å². The Morgan fingerprint density at radius 1 is 1.50 bits per heavy atom. The molecule has 0 spiro atoms. The smallest absolute Gasteiger partial charge is 0.263 e. The van der Waals surface area contributed by atoms with E-state index in [1.54, 1.807) is 0 Å². The second-order valence-corrected chi connectivity index (χ2v) is 6.06. The second-order valence-electron chi connectivity index (χ2n) is 6.06. The molecule has 0 aliphatic carbocycles. The first kappa shape index (κ1) is 18.0. The molecule has 1 amide bonds. The van der Waals surface area contributed by atoms with E-state index in [1.165, 1.54) is 11.8 Å². The zero-order valence-electron chi connectivity index (χ0n) is 14.3. The van der Waals surface area contributed by atoms with Crippen LogP contribution in [0.4, 0.5) is 5.69 Å². The van der Waals surface area contributed by atoms with Crippen LogP contribution in [0, 0.1) is 11.3 Å². The van der Waals surface area contributed by atoms with Gasteiger partial charge in [0.1, 0.15) is 11.6 Å². The van der Waals surface area contributed by atoms with Gasteiger partial charge in [-0.25, -0.2) is 0 Å². The van der Waals surface area contributed by atoms with Crippen LogP contribution in [0.15, 0.2) is 36.0 Å². The van der Waals surface area contributed by atoms with E-state index >= 15 is 0 Å². The highest BCUT2D eigenvalue weighted by molar-refractivity contribution is 5.97. The molecule has 2 N–H and O–H groups in total. The van der Waals surface area contributed by atoms with Crippen molar-refractivity contribution in [3.05, 3.63) is 41.6 Å². The predicted molar refractivity (Wildman–Crippen MR) is 94.5 cm³/mol. The molecule has 1 aromatic carbocycles. The summed E-state index contributed by atoms with van der Waals surface area (Å²) < 4.78 is 5.47. The van der Waals surface area contributed by atoms with Gasteiger partial charge in [-0.1, -0.05) is 32.0 Å². The second kappa shape index (κ2) is 9.09. The SMILES string of the molecule is CCC(C)c1ccccc1N/C=C(/C#N)C(=O)NCC1CCCO1. The minimum atomic E-state index is -0.374. The number of ether oxygens (including phenoxy) is 1. The molecule has 1 heterocycles. The van der Waals surface area contributed by atoms with E-state index in [-0.39, 0.29) is 17.6 Å². The number of amides is 1. The summed E-state index contributed by atoms with van der Waals surface area (Å²) in [6.45, 7) is 5.48. The Labute approximate surface area is 143 Å². The lowest BCUT2D eigenvalue weighted by Crippen LogP contribution is -2.32. The average Bonchev–Trinajstić information content (AvgIpc) is 3.13. The van der Waals surface area contributed by atoms with Crippen LogP contribution >= 0.6 is 0 Å². The maximum Gasteiger partial charge on any atom is 0.263 e.